The van der Waals surface area contributed by atoms with Crippen LogP contribution in [0.3, 0.4) is 0 Å². The minimum atomic E-state index is -3.50. The third kappa shape index (κ3) is 3.89. The zero-order chi connectivity index (χ0) is 13.8. The van der Waals surface area contributed by atoms with Crippen molar-refractivity contribution in [3.05, 3.63) is 23.3 Å². The van der Waals surface area contributed by atoms with Crippen LogP contribution < -0.4 is 9.47 Å². The third-order valence-electron chi connectivity index (χ3n) is 2.49. The van der Waals surface area contributed by atoms with Gasteiger partial charge < -0.3 is 9.47 Å². The molecule has 1 rings (SSSR count). The van der Waals surface area contributed by atoms with E-state index >= 15 is 0 Å². The highest BCUT2D eigenvalue weighted by atomic mass is 32.2. The zero-order valence-corrected chi connectivity index (χ0v) is 11.8. The number of ether oxygens (including phenoxy) is 2. The van der Waals surface area contributed by atoms with Crippen molar-refractivity contribution in [3.8, 4) is 11.5 Å². The minimum Gasteiger partial charge on any atom is -0.496 e. The Hall–Kier alpha value is -1.27. The number of hydrogen-bond acceptors (Lipinski definition) is 5. The highest BCUT2D eigenvalue weighted by Crippen LogP contribution is 2.31. The first-order valence-electron chi connectivity index (χ1n) is 5.49. The van der Waals surface area contributed by atoms with Crippen LogP contribution in [-0.4, -0.2) is 28.9 Å². The van der Waals surface area contributed by atoms with Crippen LogP contribution in [0, 0.1) is 0 Å². The molecule has 0 amide bonds. The van der Waals surface area contributed by atoms with Gasteiger partial charge in [-0.25, -0.2) is 0 Å². The van der Waals surface area contributed by atoms with E-state index in [1.54, 1.807) is 0 Å². The lowest BCUT2D eigenvalue weighted by Gasteiger charge is -2.14. The molecule has 0 aliphatic heterocycles. The molecule has 102 valence electrons. The Morgan fingerprint density at radius 3 is 1.94 bits per heavy atom. The number of benzene rings is 1. The molecule has 1 aromatic rings. The van der Waals surface area contributed by atoms with E-state index in [1.807, 2.05) is 19.1 Å². The van der Waals surface area contributed by atoms with Crippen molar-refractivity contribution in [2.24, 2.45) is 0 Å². The summed E-state index contributed by atoms with van der Waals surface area (Å²) in [5.41, 5.74) is 1.63. The standard InChI is InChI=1S/C12H18O5S/c1-5-9-6-11(15-2)10(12(7-9)16-3)8-17-18(4,13)14/h6-7H,5,8H2,1-4H3. The van der Waals surface area contributed by atoms with Gasteiger partial charge in [0.25, 0.3) is 10.1 Å². The van der Waals surface area contributed by atoms with Crippen LogP contribution in [0.15, 0.2) is 12.1 Å². The van der Waals surface area contributed by atoms with Crippen molar-refractivity contribution in [2.75, 3.05) is 20.5 Å². The molecule has 0 aromatic heterocycles. The number of hydrogen-bond donors (Lipinski definition) is 0. The van der Waals surface area contributed by atoms with E-state index in [0.29, 0.717) is 17.1 Å². The highest BCUT2D eigenvalue weighted by Gasteiger charge is 2.14. The molecule has 0 atom stereocenters. The molecule has 6 heteroatoms. The number of rotatable bonds is 6. The van der Waals surface area contributed by atoms with Crippen molar-refractivity contribution in [1.82, 2.24) is 0 Å². The highest BCUT2D eigenvalue weighted by molar-refractivity contribution is 7.85. The molecule has 1 aromatic carbocycles. The van der Waals surface area contributed by atoms with Gasteiger partial charge in [-0.1, -0.05) is 6.92 Å². The van der Waals surface area contributed by atoms with E-state index in [1.165, 1.54) is 14.2 Å². The van der Waals surface area contributed by atoms with Gasteiger partial charge in [-0.05, 0) is 24.1 Å². The van der Waals surface area contributed by atoms with Gasteiger partial charge in [-0.15, -0.1) is 0 Å². The Balaban J connectivity index is 3.14. The average Bonchev–Trinajstić information content (AvgIpc) is 2.34. The van der Waals surface area contributed by atoms with E-state index < -0.39 is 10.1 Å². The largest absolute Gasteiger partial charge is 0.496 e. The number of methoxy groups -OCH3 is 2. The monoisotopic (exact) mass is 274 g/mol. The maximum absolute atomic E-state index is 11.0. The summed E-state index contributed by atoms with van der Waals surface area (Å²) < 4.78 is 37.3. The lowest BCUT2D eigenvalue weighted by Crippen LogP contribution is -2.06. The normalized spacial score (nSPS) is 11.3. The minimum absolute atomic E-state index is 0.102. The lowest BCUT2D eigenvalue weighted by atomic mass is 10.1. The SMILES string of the molecule is CCc1cc(OC)c(COS(C)(=O)=O)c(OC)c1. The zero-order valence-electron chi connectivity index (χ0n) is 11.0. The van der Waals surface area contributed by atoms with E-state index in [2.05, 4.69) is 0 Å². The summed E-state index contributed by atoms with van der Waals surface area (Å²) in [4.78, 5) is 0. The second-order valence-electron chi connectivity index (χ2n) is 3.80. The molecule has 0 spiro atoms. The van der Waals surface area contributed by atoms with E-state index in [4.69, 9.17) is 13.7 Å². The fourth-order valence-corrected chi connectivity index (χ4v) is 1.88. The third-order valence-corrected chi connectivity index (χ3v) is 3.04. The molecule has 0 saturated carbocycles. The second-order valence-corrected chi connectivity index (χ2v) is 5.44. The molecule has 0 fully saturated rings. The molecule has 0 aliphatic carbocycles. The topological polar surface area (TPSA) is 61.8 Å². The summed E-state index contributed by atoms with van der Waals surface area (Å²) in [6, 6.07) is 3.70. The Bertz CT molecular complexity index is 482. The van der Waals surface area contributed by atoms with Crippen LogP contribution in [0.2, 0.25) is 0 Å². The fourth-order valence-electron chi connectivity index (χ4n) is 1.55. The Labute approximate surface area is 108 Å². The van der Waals surface area contributed by atoms with Crippen molar-refractivity contribution in [2.45, 2.75) is 20.0 Å². The van der Waals surface area contributed by atoms with E-state index in [-0.39, 0.29) is 6.61 Å². The van der Waals surface area contributed by atoms with Crippen LogP contribution in [-0.2, 0) is 27.3 Å². The quantitative estimate of drug-likeness (QED) is 0.739. The molecule has 0 saturated heterocycles. The molecule has 18 heavy (non-hydrogen) atoms. The van der Waals surface area contributed by atoms with Crippen LogP contribution in [0.5, 0.6) is 11.5 Å². The van der Waals surface area contributed by atoms with Gasteiger partial charge in [0.15, 0.2) is 0 Å². The lowest BCUT2D eigenvalue weighted by molar-refractivity contribution is 0.292. The summed E-state index contributed by atoms with van der Waals surface area (Å²) in [5.74, 6) is 1.13. The molecule has 0 aliphatic rings. The van der Waals surface area contributed by atoms with Gasteiger partial charge in [-0.3, -0.25) is 4.18 Å². The maximum atomic E-state index is 11.0. The second kappa shape index (κ2) is 6.06. The molecule has 0 bridgehead atoms. The predicted octanol–water partition coefficient (Wildman–Crippen LogP) is 1.74. The first-order valence-corrected chi connectivity index (χ1v) is 7.31. The average molecular weight is 274 g/mol. The van der Waals surface area contributed by atoms with Crippen molar-refractivity contribution in [3.63, 3.8) is 0 Å². The molecular weight excluding hydrogens is 256 g/mol. The van der Waals surface area contributed by atoms with Crippen LogP contribution in [0.25, 0.3) is 0 Å². The summed E-state index contributed by atoms with van der Waals surface area (Å²) in [7, 11) is -0.447. The van der Waals surface area contributed by atoms with E-state index in [9.17, 15) is 8.42 Å². The molecule has 0 unspecified atom stereocenters. The Morgan fingerprint density at radius 2 is 1.61 bits per heavy atom. The van der Waals surface area contributed by atoms with Gasteiger partial charge in [0.05, 0.1) is 32.6 Å². The molecule has 0 N–H and O–H groups in total. The van der Waals surface area contributed by atoms with Gasteiger partial charge in [0.2, 0.25) is 0 Å². The first-order chi connectivity index (χ1) is 8.41. The molecule has 5 nitrogen and oxygen atoms in total. The van der Waals surface area contributed by atoms with Crippen LogP contribution in [0.4, 0.5) is 0 Å². The van der Waals surface area contributed by atoms with Crippen molar-refractivity contribution >= 4 is 10.1 Å². The van der Waals surface area contributed by atoms with E-state index in [0.717, 1.165) is 18.2 Å². The molecule has 0 heterocycles. The molecular formula is C12H18O5S. The Morgan fingerprint density at radius 1 is 1.11 bits per heavy atom. The molecule has 0 radical (unpaired) electrons. The van der Waals surface area contributed by atoms with Gasteiger partial charge >= 0.3 is 0 Å². The van der Waals surface area contributed by atoms with Gasteiger partial charge in [-0.2, -0.15) is 8.42 Å². The summed E-state index contributed by atoms with van der Waals surface area (Å²) in [5, 5.41) is 0. The van der Waals surface area contributed by atoms with Crippen molar-refractivity contribution < 1.29 is 22.1 Å². The Kier molecular flexibility index (Phi) is 4.98. The smallest absolute Gasteiger partial charge is 0.264 e. The van der Waals surface area contributed by atoms with Crippen molar-refractivity contribution in [1.29, 1.82) is 0 Å². The number of aryl methyl sites for hydroxylation is 1. The van der Waals surface area contributed by atoms with Gasteiger partial charge in [0.1, 0.15) is 11.5 Å². The maximum Gasteiger partial charge on any atom is 0.264 e. The van der Waals surface area contributed by atoms with Crippen LogP contribution >= 0.6 is 0 Å². The summed E-state index contributed by atoms with van der Waals surface area (Å²) in [6.07, 6.45) is 1.84. The van der Waals surface area contributed by atoms with Crippen LogP contribution in [0.1, 0.15) is 18.1 Å². The van der Waals surface area contributed by atoms with Gasteiger partial charge in [0, 0.05) is 0 Å². The predicted molar refractivity (Wildman–Crippen MR) is 68.6 cm³/mol. The first kappa shape index (κ1) is 14.8. The summed E-state index contributed by atoms with van der Waals surface area (Å²) >= 11 is 0. The fraction of sp³-hybridized carbons (Fsp3) is 0.500. The summed E-state index contributed by atoms with van der Waals surface area (Å²) in [6.45, 7) is 1.91.